The molecule has 118 valence electrons. The molecular weight excluding hydrogens is 294 g/mol. The number of benzene rings is 1. The van der Waals surface area contributed by atoms with Gasteiger partial charge in [0.1, 0.15) is 6.04 Å². The summed E-state index contributed by atoms with van der Waals surface area (Å²) in [5.41, 5.74) is 1.40. The summed E-state index contributed by atoms with van der Waals surface area (Å²) in [6.07, 6.45) is 1.40. The second-order valence-electron chi connectivity index (χ2n) is 5.18. The molecule has 2 amide bonds. The third kappa shape index (κ3) is 4.20. The molecule has 0 fully saturated rings. The summed E-state index contributed by atoms with van der Waals surface area (Å²) in [6.45, 7) is 1.97. The van der Waals surface area contributed by atoms with Gasteiger partial charge in [-0.25, -0.2) is 0 Å². The van der Waals surface area contributed by atoms with Crippen LogP contribution >= 0.6 is 0 Å². The Morgan fingerprint density at radius 2 is 2.13 bits per heavy atom. The summed E-state index contributed by atoms with van der Waals surface area (Å²) in [6, 6.07) is 11.6. The molecule has 2 aromatic rings. The molecule has 0 aliphatic carbocycles. The molecule has 1 atom stereocenters. The van der Waals surface area contributed by atoms with Crippen molar-refractivity contribution < 1.29 is 14.0 Å². The number of nitrogens with one attached hydrogen (secondary N) is 1. The van der Waals surface area contributed by atoms with E-state index in [0.29, 0.717) is 12.1 Å². The highest BCUT2D eigenvalue weighted by molar-refractivity contribution is 5.95. The number of amides is 2. The van der Waals surface area contributed by atoms with Crippen LogP contribution in [0.4, 0.5) is 0 Å². The summed E-state index contributed by atoms with van der Waals surface area (Å²) in [4.78, 5) is 25.7. The average molecular weight is 311 g/mol. The van der Waals surface area contributed by atoms with E-state index in [9.17, 15) is 9.59 Å². The lowest BCUT2D eigenvalue weighted by atomic mass is 10.1. The van der Waals surface area contributed by atoms with E-state index >= 15 is 0 Å². The van der Waals surface area contributed by atoms with Crippen LogP contribution in [-0.2, 0) is 11.3 Å². The molecule has 2 rings (SSSR count). The van der Waals surface area contributed by atoms with Crippen molar-refractivity contribution in [3.63, 3.8) is 0 Å². The standard InChI is InChI=1S/C17H17N3O3/c1-12(19-16(21)15-7-4-8-23-15)17(22)20(2)11-14-6-3-5-13(9-14)10-18/h3-9,12H,11H2,1-2H3,(H,19,21)/t12-/m0/s1. The maximum atomic E-state index is 12.3. The van der Waals surface area contributed by atoms with Gasteiger partial charge in [0.15, 0.2) is 5.76 Å². The molecule has 0 unspecified atom stereocenters. The van der Waals surface area contributed by atoms with Crippen molar-refractivity contribution in [1.29, 1.82) is 5.26 Å². The van der Waals surface area contributed by atoms with Gasteiger partial charge in [0.25, 0.3) is 5.91 Å². The van der Waals surface area contributed by atoms with Crippen LogP contribution < -0.4 is 5.32 Å². The maximum Gasteiger partial charge on any atom is 0.287 e. The number of hydrogen-bond acceptors (Lipinski definition) is 4. The van der Waals surface area contributed by atoms with Gasteiger partial charge >= 0.3 is 0 Å². The summed E-state index contributed by atoms with van der Waals surface area (Å²) in [7, 11) is 1.65. The molecule has 1 heterocycles. The monoisotopic (exact) mass is 311 g/mol. The highest BCUT2D eigenvalue weighted by Crippen LogP contribution is 2.08. The largest absolute Gasteiger partial charge is 0.459 e. The molecule has 0 aliphatic rings. The predicted octanol–water partition coefficient (Wildman–Crippen LogP) is 1.93. The van der Waals surface area contributed by atoms with E-state index in [0.717, 1.165) is 5.56 Å². The lowest BCUT2D eigenvalue weighted by Crippen LogP contribution is -2.45. The van der Waals surface area contributed by atoms with Crippen LogP contribution in [0.1, 0.15) is 28.6 Å². The Kier molecular flexibility index (Phi) is 5.15. The normalized spacial score (nSPS) is 11.3. The van der Waals surface area contributed by atoms with Crippen LogP contribution in [-0.4, -0.2) is 29.8 Å². The molecule has 0 bridgehead atoms. The Labute approximate surface area is 134 Å². The molecule has 1 aromatic heterocycles. The van der Waals surface area contributed by atoms with Crippen molar-refractivity contribution >= 4 is 11.8 Å². The van der Waals surface area contributed by atoms with Gasteiger partial charge < -0.3 is 14.6 Å². The smallest absolute Gasteiger partial charge is 0.287 e. The average Bonchev–Trinajstić information content (AvgIpc) is 3.08. The zero-order valence-electron chi connectivity index (χ0n) is 12.9. The van der Waals surface area contributed by atoms with Crippen LogP contribution in [0.15, 0.2) is 47.1 Å². The lowest BCUT2D eigenvalue weighted by molar-refractivity contribution is -0.132. The Morgan fingerprint density at radius 1 is 1.35 bits per heavy atom. The van der Waals surface area contributed by atoms with Crippen molar-refractivity contribution in [3.05, 3.63) is 59.5 Å². The van der Waals surface area contributed by atoms with E-state index in [2.05, 4.69) is 11.4 Å². The first-order chi connectivity index (χ1) is 11.0. The van der Waals surface area contributed by atoms with Gasteiger partial charge in [0.05, 0.1) is 17.9 Å². The molecular formula is C17H17N3O3. The molecule has 0 aliphatic heterocycles. The van der Waals surface area contributed by atoms with Crippen LogP contribution in [0.5, 0.6) is 0 Å². The second kappa shape index (κ2) is 7.27. The number of carbonyl (C=O) groups excluding carboxylic acids is 2. The fourth-order valence-electron chi connectivity index (χ4n) is 2.16. The SMILES string of the molecule is C[C@H](NC(=O)c1ccco1)C(=O)N(C)Cc1cccc(C#N)c1. The zero-order chi connectivity index (χ0) is 16.8. The molecule has 0 radical (unpaired) electrons. The molecule has 1 N–H and O–H groups in total. The number of rotatable bonds is 5. The summed E-state index contributed by atoms with van der Waals surface area (Å²) in [5.74, 6) is -0.503. The van der Waals surface area contributed by atoms with Crippen LogP contribution in [0.25, 0.3) is 0 Å². The molecule has 1 aromatic carbocycles. The minimum absolute atomic E-state index is 0.161. The van der Waals surface area contributed by atoms with Crippen LogP contribution in [0, 0.1) is 11.3 Å². The maximum absolute atomic E-state index is 12.3. The predicted molar refractivity (Wildman–Crippen MR) is 83.3 cm³/mol. The summed E-state index contributed by atoms with van der Waals surface area (Å²) < 4.78 is 4.99. The molecule has 0 saturated carbocycles. The van der Waals surface area contributed by atoms with E-state index in [1.165, 1.54) is 17.2 Å². The van der Waals surface area contributed by atoms with E-state index in [1.54, 1.807) is 38.2 Å². The highest BCUT2D eigenvalue weighted by Gasteiger charge is 2.21. The first-order valence-electron chi connectivity index (χ1n) is 7.09. The number of furan rings is 1. The van der Waals surface area contributed by atoms with Crippen molar-refractivity contribution in [1.82, 2.24) is 10.2 Å². The third-order valence-electron chi connectivity index (χ3n) is 3.32. The molecule has 6 heteroatoms. The van der Waals surface area contributed by atoms with Gasteiger partial charge in [-0.3, -0.25) is 9.59 Å². The topological polar surface area (TPSA) is 86.3 Å². The number of likely N-dealkylation sites (N-methyl/N-ethyl adjacent to an activating group) is 1. The van der Waals surface area contributed by atoms with E-state index in [4.69, 9.17) is 9.68 Å². The fraction of sp³-hybridized carbons (Fsp3) is 0.235. The van der Waals surface area contributed by atoms with E-state index in [-0.39, 0.29) is 11.7 Å². The summed E-state index contributed by atoms with van der Waals surface area (Å²) >= 11 is 0. The molecule has 6 nitrogen and oxygen atoms in total. The Balaban J connectivity index is 1.95. The van der Waals surface area contributed by atoms with Gasteiger partial charge in [-0.1, -0.05) is 12.1 Å². The molecule has 23 heavy (non-hydrogen) atoms. The first-order valence-corrected chi connectivity index (χ1v) is 7.09. The number of nitriles is 1. The van der Waals surface area contributed by atoms with Gasteiger partial charge in [-0.05, 0) is 36.8 Å². The van der Waals surface area contributed by atoms with Crippen molar-refractivity contribution in [2.24, 2.45) is 0 Å². The van der Waals surface area contributed by atoms with Gasteiger partial charge in [0.2, 0.25) is 5.91 Å². The summed E-state index contributed by atoms with van der Waals surface area (Å²) in [5, 5.41) is 11.5. The fourth-order valence-corrected chi connectivity index (χ4v) is 2.16. The number of nitrogens with zero attached hydrogens (tertiary/aromatic N) is 2. The molecule has 0 spiro atoms. The first kappa shape index (κ1) is 16.3. The third-order valence-corrected chi connectivity index (χ3v) is 3.32. The van der Waals surface area contributed by atoms with E-state index in [1.807, 2.05) is 6.07 Å². The van der Waals surface area contributed by atoms with Crippen LogP contribution in [0.2, 0.25) is 0 Å². The minimum Gasteiger partial charge on any atom is -0.459 e. The number of carbonyl (C=O) groups is 2. The van der Waals surface area contributed by atoms with Gasteiger partial charge in [0, 0.05) is 13.6 Å². The Bertz CT molecular complexity index is 732. The zero-order valence-corrected chi connectivity index (χ0v) is 12.9. The van der Waals surface area contributed by atoms with Gasteiger partial charge in [-0.15, -0.1) is 0 Å². The van der Waals surface area contributed by atoms with Crippen molar-refractivity contribution in [2.45, 2.75) is 19.5 Å². The quantitative estimate of drug-likeness (QED) is 0.914. The van der Waals surface area contributed by atoms with Crippen molar-refractivity contribution in [2.75, 3.05) is 7.05 Å². The number of hydrogen-bond donors (Lipinski definition) is 1. The second-order valence-corrected chi connectivity index (χ2v) is 5.18. The minimum atomic E-state index is -0.684. The Hall–Kier alpha value is -3.07. The molecule has 0 saturated heterocycles. The van der Waals surface area contributed by atoms with Crippen LogP contribution in [0.3, 0.4) is 0 Å². The van der Waals surface area contributed by atoms with Crippen molar-refractivity contribution in [3.8, 4) is 6.07 Å². The highest BCUT2D eigenvalue weighted by atomic mass is 16.3. The van der Waals surface area contributed by atoms with Gasteiger partial charge in [-0.2, -0.15) is 5.26 Å². The van der Waals surface area contributed by atoms with E-state index < -0.39 is 11.9 Å². The Morgan fingerprint density at radius 3 is 2.78 bits per heavy atom. The lowest BCUT2D eigenvalue weighted by Gasteiger charge is -2.22.